The smallest absolute Gasteiger partial charge is 0.270 e. The van der Waals surface area contributed by atoms with Gasteiger partial charge in [-0.3, -0.25) is 9.48 Å². The van der Waals surface area contributed by atoms with Gasteiger partial charge in [-0.05, 0) is 26.0 Å². The van der Waals surface area contributed by atoms with Crippen molar-refractivity contribution in [2.24, 2.45) is 7.05 Å². The minimum Gasteiger partial charge on any atom is -0.483 e. The number of hydrogen-bond acceptors (Lipinski definition) is 4. The van der Waals surface area contributed by atoms with E-state index in [9.17, 15) is 4.79 Å². The van der Waals surface area contributed by atoms with Crippen molar-refractivity contribution < 1.29 is 14.3 Å². The average Bonchev–Trinajstić information content (AvgIpc) is 3.29. The highest BCUT2D eigenvalue weighted by atomic mass is 16.5. The number of aryl methyl sites for hydroxylation is 1. The number of carbonyl (C=O) groups excluding carboxylic acids is 1. The van der Waals surface area contributed by atoms with Gasteiger partial charge in [-0.1, -0.05) is 54.3 Å². The molecule has 6 heteroatoms. The summed E-state index contributed by atoms with van der Waals surface area (Å²) >= 11 is 0. The number of aromatic nitrogens is 2. The number of nitrogens with one attached hydrogen (secondary N) is 1. The molecule has 1 N–H and O–H groups in total. The maximum atomic E-state index is 12.5. The Kier molecular flexibility index (Phi) is 5.68. The van der Waals surface area contributed by atoms with Gasteiger partial charge in [-0.15, -0.1) is 0 Å². The fourth-order valence-electron chi connectivity index (χ4n) is 3.57. The Bertz CT molecular complexity index is 1150. The standard InChI is InChI=1S/C25H25N3O3/c1-25(2)17-19-12-9-13-22(23(19)31-25)30-15-8-7-14-26-24(29)21-16-20(27-28(21)3)18-10-5-4-6-11-18/h4-6,9-13,16H,14-15,17H2,1-3H3,(H,26,29). The summed E-state index contributed by atoms with van der Waals surface area (Å²) in [6, 6.07) is 17.4. The quantitative estimate of drug-likeness (QED) is 0.647. The third-order valence-electron chi connectivity index (χ3n) is 5.00. The maximum Gasteiger partial charge on any atom is 0.270 e. The molecule has 0 spiro atoms. The Labute approximate surface area is 182 Å². The Balaban J connectivity index is 1.29. The van der Waals surface area contributed by atoms with E-state index in [0.717, 1.165) is 29.0 Å². The van der Waals surface area contributed by atoms with Crippen molar-refractivity contribution in [2.45, 2.75) is 25.9 Å². The number of nitrogens with zero attached hydrogens (tertiary/aromatic N) is 2. The molecule has 1 aromatic heterocycles. The zero-order chi connectivity index (χ0) is 21.8. The molecule has 2 aromatic carbocycles. The number of benzene rings is 2. The molecule has 0 saturated heterocycles. The molecular formula is C25H25N3O3. The van der Waals surface area contributed by atoms with Gasteiger partial charge in [0.1, 0.15) is 17.9 Å². The minimum absolute atomic E-state index is 0.218. The number of rotatable bonds is 5. The number of carbonyl (C=O) groups is 1. The maximum absolute atomic E-state index is 12.5. The van der Waals surface area contributed by atoms with Gasteiger partial charge in [-0.25, -0.2) is 0 Å². The molecular weight excluding hydrogens is 390 g/mol. The molecule has 0 fully saturated rings. The topological polar surface area (TPSA) is 65.4 Å². The van der Waals surface area contributed by atoms with E-state index in [1.165, 1.54) is 0 Å². The lowest BCUT2D eigenvalue weighted by molar-refractivity contribution is 0.0949. The van der Waals surface area contributed by atoms with Crippen LogP contribution in [0.4, 0.5) is 0 Å². The summed E-state index contributed by atoms with van der Waals surface area (Å²) in [6.45, 7) is 4.57. The molecule has 1 amide bonds. The Hall–Kier alpha value is -3.72. The molecule has 1 aliphatic rings. The van der Waals surface area contributed by atoms with Crippen LogP contribution in [0.5, 0.6) is 11.5 Å². The first-order valence-corrected chi connectivity index (χ1v) is 10.2. The van der Waals surface area contributed by atoms with E-state index in [1.54, 1.807) is 17.8 Å². The third-order valence-corrected chi connectivity index (χ3v) is 5.00. The van der Waals surface area contributed by atoms with Crippen LogP contribution in [-0.2, 0) is 13.5 Å². The Morgan fingerprint density at radius 2 is 2.00 bits per heavy atom. The van der Waals surface area contributed by atoms with Crippen molar-refractivity contribution >= 4 is 5.91 Å². The van der Waals surface area contributed by atoms with E-state index in [2.05, 4.69) is 42.2 Å². The molecule has 0 saturated carbocycles. The van der Waals surface area contributed by atoms with Gasteiger partial charge < -0.3 is 14.8 Å². The van der Waals surface area contributed by atoms with Gasteiger partial charge in [0.05, 0.1) is 12.2 Å². The van der Waals surface area contributed by atoms with E-state index >= 15 is 0 Å². The van der Waals surface area contributed by atoms with Gasteiger partial charge in [0, 0.05) is 24.6 Å². The molecule has 0 unspecified atom stereocenters. The number of hydrogen-bond donors (Lipinski definition) is 1. The highest BCUT2D eigenvalue weighted by molar-refractivity contribution is 5.93. The molecule has 3 aromatic rings. The van der Waals surface area contributed by atoms with Gasteiger partial charge in [0.15, 0.2) is 11.5 Å². The molecule has 0 aliphatic carbocycles. The predicted molar refractivity (Wildman–Crippen MR) is 119 cm³/mol. The minimum atomic E-state index is -0.219. The first-order chi connectivity index (χ1) is 14.9. The largest absolute Gasteiger partial charge is 0.483 e. The van der Waals surface area contributed by atoms with Crippen LogP contribution in [0.25, 0.3) is 11.3 Å². The summed E-state index contributed by atoms with van der Waals surface area (Å²) in [7, 11) is 1.75. The van der Waals surface area contributed by atoms with Crippen LogP contribution >= 0.6 is 0 Å². The highest BCUT2D eigenvalue weighted by Crippen LogP contribution is 2.41. The molecule has 0 atom stereocenters. The lowest BCUT2D eigenvalue weighted by Crippen LogP contribution is -2.25. The van der Waals surface area contributed by atoms with Crippen molar-refractivity contribution in [3.8, 4) is 34.6 Å². The highest BCUT2D eigenvalue weighted by Gasteiger charge is 2.32. The van der Waals surface area contributed by atoms with Crippen LogP contribution in [0, 0.1) is 11.8 Å². The molecule has 1 aliphatic heterocycles. The summed E-state index contributed by atoms with van der Waals surface area (Å²) in [4.78, 5) is 12.5. The summed E-state index contributed by atoms with van der Waals surface area (Å²) in [5.74, 6) is 7.13. The van der Waals surface area contributed by atoms with Gasteiger partial charge in [-0.2, -0.15) is 5.10 Å². The van der Waals surface area contributed by atoms with Crippen molar-refractivity contribution in [3.63, 3.8) is 0 Å². The molecule has 0 radical (unpaired) electrons. The predicted octanol–water partition coefficient (Wildman–Crippen LogP) is 3.61. The number of fused-ring (bicyclic) bond motifs is 1. The van der Waals surface area contributed by atoms with Gasteiger partial charge in [0.25, 0.3) is 5.91 Å². The fraction of sp³-hybridized carbons (Fsp3) is 0.280. The SMILES string of the molecule is Cn1nc(-c2ccccc2)cc1C(=O)NCC#CCOc1cccc2c1OC(C)(C)C2. The second kappa shape index (κ2) is 8.57. The molecule has 6 nitrogen and oxygen atoms in total. The van der Waals surface area contributed by atoms with Crippen LogP contribution in [0.15, 0.2) is 54.6 Å². The molecule has 2 heterocycles. The molecule has 0 bridgehead atoms. The summed E-state index contributed by atoms with van der Waals surface area (Å²) in [6.07, 6.45) is 0.858. The Morgan fingerprint density at radius 3 is 2.81 bits per heavy atom. The number of amides is 1. The number of para-hydroxylation sites is 1. The average molecular weight is 415 g/mol. The second-order valence-electron chi connectivity index (χ2n) is 8.01. The monoisotopic (exact) mass is 415 g/mol. The third kappa shape index (κ3) is 4.72. The lowest BCUT2D eigenvalue weighted by Gasteiger charge is -2.17. The number of ether oxygens (including phenoxy) is 2. The summed E-state index contributed by atoms with van der Waals surface area (Å²) < 4.78 is 13.3. The van der Waals surface area contributed by atoms with Crippen LogP contribution < -0.4 is 14.8 Å². The molecule has 31 heavy (non-hydrogen) atoms. The van der Waals surface area contributed by atoms with Crippen molar-refractivity contribution in [2.75, 3.05) is 13.2 Å². The van der Waals surface area contributed by atoms with Crippen molar-refractivity contribution in [1.82, 2.24) is 15.1 Å². The van der Waals surface area contributed by atoms with E-state index in [1.807, 2.05) is 42.5 Å². The zero-order valence-corrected chi connectivity index (χ0v) is 17.9. The van der Waals surface area contributed by atoms with Gasteiger partial charge >= 0.3 is 0 Å². The van der Waals surface area contributed by atoms with Crippen LogP contribution in [0.1, 0.15) is 29.9 Å². The van der Waals surface area contributed by atoms with E-state index < -0.39 is 0 Å². The first-order valence-electron chi connectivity index (χ1n) is 10.2. The molecule has 158 valence electrons. The first kappa shape index (κ1) is 20.5. The van der Waals surface area contributed by atoms with Crippen LogP contribution in [-0.4, -0.2) is 34.4 Å². The van der Waals surface area contributed by atoms with Crippen LogP contribution in [0.3, 0.4) is 0 Å². The van der Waals surface area contributed by atoms with Crippen LogP contribution in [0.2, 0.25) is 0 Å². The van der Waals surface area contributed by atoms with Crippen molar-refractivity contribution in [1.29, 1.82) is 0 Å². The Morgan fingerprint density at radius 1 is 1.19 bits per heavy atom. The van der Waals surface area contributed by atoms with E-state index in [-0.39, 0.29) is 24.7 Å². The molecule has 4 rings (SSSR count). The van der Waals surface area contributed by atoms with E-state index in [0.29, 0.717) is 11.4 Å². The lowest BCUT2D eigenvalue weighted by atomic mass is 10.0. The normalized spacial score (nSPS) is 13.5. The summed E-state index contributed by atoms with van der Waals surface area (Å²) in [5.41, 5.74) is 3.14. The fourth-order valence-corrected chi connectivity index (χ4v) is 3.57. The van der Waals surface area contributed by atoms with E-state index in [4.69, 9.17) is 9.47 Å². The zero-order valence-electron chi connectivity index (χ0n) is 17.9. The van der Waals surface area contributed by atoms with Gasteiger partial charge in [0.2, 0.25) is 0 Å². The van der Waals surface area contributed by atoms with Crippen molar-refractivity contribution in [3.05, 3.63) is 65.9 Å². The summed E-state index contributed by atoms with van der Waals surface area (Å²) in [5, 5.41) is 7.22. The second-order valence-corrected chi connectivity index (χ2v) is 8.01.